The van der Waals surface area contributed by atoms with E-state index in [0.29, 0.717) is 6.54 Å². The van der Waals surface area contributed by atoms with Gasteiger partial charge in [0.15, 0.2) is 0 Å². The molecule has 0 saturated heterocycles. The Morgan fingerprint density at radius 2 is 2.42 bits per heavy atom. The molecule has 0 atom stereocenters. The lowest BCUT2D eigenvalue weighted by Crippen LogP contribution is -1.98. The summed E-state index contributed by atoms with van der Waals surface area (Å²) in [7, 11) is 0. The van der Waals surface area contributed by atoms with Crippen LogP contribution in [-0.4, -0.2) is 14.4 Å². The highest BCUT2D eigenvalue weighted by Gasteiger charge is 2.04. The summed E-state index contributed by atoms with van der Waals surface area (Å²) in [5, 5.41) is 0. The third-order valence-corrected chi connectivity index (χ3v) is 1.96. The summed E-state index contributed by atoms with van der Waals surface area (Å²) in [5.41, 5.74) is 8.43. The number of nitrogens with zero attached hydrogens (tertiary/aromatic N) is 3. The molecular weight excluding hydrogens is 152 g/mol. The molecule has 0 radical (unpaired) electrons. The summed E-state index contributed by atoms with van der Waals surface area (Å²) in [6.45, 7) is 2.47. The van der Waals surface area contributed by atoms with Gasteiger partial charge in [-0.2, -0.15) is 0 Å². The summed E-state index contributed by atoms with van der Waals surface area (Å²) < 4.78 is 1.93. The highest BCUT2D eigenvalue weighted by Crippen LogP contribution is 2.08. The number of nitrogens with two attached hydrogens (primary N) is 1. The SMILES string of the molecule is Cc1c(CN)nc2ccncn12. The number of rotatable bonds is 1. The molecule has 4 nitrogen and oxygen atoms in total. The highest BCUT2D eigenvalue weighted by atomic mass is 15.1. The zero-order chi connectivity index (χ0) is 8.55. The second kappa shape index (κ2) is 2.57. The van der Waals surface area contributed by atoms with E-state index in [9.17, 15) is 0 Å². The van der Waals surface area contributed by atoms with E-state index in [1.54, 1.807) is 12.5 Å². The van der Waals surface area contributed by atoms with Crippen LogP contribution in [0.2, 0.25) is 0 Å². The van der Waals surface area contributed by atoms with Crippen LogP contribution in [0.25, 0.3) is 5.65 Å². The molecule has 0 amide bonds. The van der Waals surface area contributed by atoms with Gasteiger partial charge in [-0.15, -0.1) is 0 Å². The minimum Gasteiger partial charge on any atom is -0.325 e. The van der Waals surface area contributed by atoms with Gasteiger partial charge < -0.3 is 5.73 Å². The average Bonchev–Trinajstić information content (AvgIpc) is 2.44. The molecule has 0 aromatic carbocycles. The quantitative estimate of drug-likeness (QED) is 0.664. The van der Waals surface area contributed by atoms with Crippen LogP contribution in [0.3, 0.4) is 0 Å². The van der Waals surface area contributed by atoms with Crippen molar-refractivity contribution in [2.75, 3.05) is 0 Å². The fourth-order valence-corrected chi connectivity index (χ4v) is 1.26. The van der Waals surface area contributed by atoms with Gasteiger partial charge in [0.25, 0.3) is 0 Å². The second-order valence-electron chi connectivity index (χ2n) is 2.66. The first-order valence-corrected chi connectivity index (χ1v) is 3.80. The lowest BCUT2D eigenvalue weighted by atomic mass is 10.3. The van der Waals surface area contributed by atoms with Gasteiger partial charge in [0.2, 0.25) is 0 Å². The second-order valence-corrected chi connectivity index (χ2v) is 2.66. The van der Waals surface area contributed by atoms with Crippen molar-refractivity contribution in [1.82, 2.24) is 14.4 Å². The first kappa shape index (κ1) is 7.24. The summed E-state index contributed by atoms with van der Waals surface area (Å²) in [6, 6.07) is 1.87. The van der Waals surface area contributed by atoms with E-state index in [2.05, 4.69) is 9.97 Å². The standard InChI is InChI=1S/C8H10N4/c1-6-7(4-9)11-8-2-3-10-5-12(6)8/h2-3,5H,4,9H2,1H3. The van der Waals surface area contributed by atoms with Gasteiger partial charge in [-0.05, 0) is 13.0 Å². The number of aryl methyl sites for hydroxylation is 1. The first-order chi connectivity index (χ1) is 5.83. The maximum atomic E-state index is 5.52. The molecular formula is C8H10N4. The highest BCUT2D eigenvalue weighted by molar-refractivity contribution is 5.41. The Labute approximate surface area is 70.1 Å². The van der Waals surface area contributed by atoms with Gasteiger partial charge in [-0.25, -0.2) is 9.97 Å². The molecule has 0 aliphatic heterocycles. The van der Waals surface area contributed by atoms with E-state index in [0.717, 1.165) is 17.0 Å². The van der Waals surface area contributed by atoms with E-state index >= 15 is 0 Å². The molecule has 0 saturated carbocycles. The van der Waals surface area contributed by atoms with Gasteiger partial charge in [-0.1, -0.05) is 0 Å². The summed E-state index contributed by atoms with van der Waals surface area (Å²) >= 11 is 0. The summed E-state index contributed by atoms with van der Waals surface area (Å²) in [4.78, 5) is 8.33. The molecule has 2 N–H and O–H groups in total. The Bertz CT molecular complexity index is 404. The average molecular weight is 162 g/mol. The third kappa shape index (κ3) is 0.887. The zero-order valence-electron chi connectivity index (χ0n) is 6.86. The molecule has 0 unspecified atom stereocenters. The largest absolute Gasteiger partial charge is 0.325 e. The van der Waals surface area contributed by atoms with Crippen LogP contribution in [0.15, 0.2) is 18.6 Å². The van der Waals surface area contributed by atoms with Gasteiger partial charge >= 0.3 is 0 Å². The fraction of sp³-hybridized carbons (Fsp3) is 0.250. The monoisotopic (exact) mass is 162 g/mol. The molecule has 62 valence electrons. The van der Waals surface area contributed by atoms with Crippen LogP contribution in [0.4, 0.5) is 0 Å². The number of hydrogen-bond donors (Lipinski definition) is 1. The number of aromatic nitrogens is 3. The maximum Gasteiger partial charge on any atom is 0.140 e. The molecule has 0 bridgehead atoms. The number of fused-ring (bicyclic) bond motifs is 1. The van der Waals surface area contributed by atoms with Crippen LogP contribution in [-0.2, 0) is 6.54 Å². The first-order valence-electron chi connectivity index (χ1n) is 3.80. The molecule has 0 spiro atoms. The predicted molar refractivity (Wildman–Crippen MR) is 45.6 cm³/mol. The van der Waals surface area contributed by atoms with E-state index in [4.69, 9.17) is 5.73 Å². The van der Waals surface area contributed by atoms with Crippen molar-refractivity contribution in [2.24, 2.45) is 5.73 Å². The Balaban J connectivity index is 2.78. The van der Waals surface area contributed by atoms with Crippen LogP contribution in [0.5, 0.6) is 0 Å². The summed E-state index contributed by atoms with van der Waals surface area (Å²) in [6.07, 6.45) is 3.47. The van der Waals surface area contributed by atoms with Crippen molar-refractivity contribution in [3.05, 3.63) is 30.0 Å². The Kier molecular flexibility index (Phi) is 1.55. The summed E-state index contributed by atoms with van der Waals surface area (Å²) in [5.74, 6) is 0. The molecule has 4 heteroatoms. The normalized spacial score (nSPS) is 10.8. The molecule has 12 heavy (non-hydrogen) atoms. The molecule has 2 aromatic heterocycles. The molecule has 0 fully saturated rings. The molecule has 0 aliphatic rings. The smallest absolute Gasteiger partial charge is 0.140 e. The maximum absolute atomic E-state index is 5.52. The zero-order valence-corrected chi connectivity index (χ0v) is 6.86. The molecule has 2 rings (SSSR count). The van der Waals surface area contributed by atoms with Crippen LogP contribution < -0.4 is 5.73 Å². The van der Waals surface area contributed by atoms with E-state index in [1.165, 1.54) is 0 Å². The van der Waals surface area contributed by atoms with Crippen molar-refractivity contribution in [3.63, 3.8) is 0 Å². The Morgan fingerprint density at radius 1 is 1.58 bits per heavy atom. The van der Waals surface area contributed by atoms with E-state index in [-0.39, 0.29) is 0 Å². The van der Waals surface area contributed by atoms with Crippen molar-refractivity contribution < 1.29 is 0 Å². The minimum absolute atomic E-state index is 0.480. The van der Waals surface area contributed by atoms with Gasteiger partial charge in [-0.3, -0.25) is 4.40 Å². The lowest BCUT2D eigenvalue weighted by Gasteiger charge is -1.93. The van der Waals surface area contributed by atoms with Crippen molar-refractivity contribution in [2.45, 2.75) is 13.5 Å². The lowest BCUT2D eigenvalue weighted by molar-refractivity contribution is 0.973. The van der Waals surface area contributed by atoms with Gasteiger partial charge in [0, 0.05) is 18.4 Å². The van der Waals surface area contributed by atoms with Gasteiger partial charge in [0.05, 0.1) is 5.69 Å². The predicted octanol–water partition coefficient (Wildman–Crippen LogP) is 0.496. The van der Waals surface area contributed by atoms with Crippen LogP contribution in [0.1, 0.15) is 11.4 Å². The topological polar surface area (TPSA) is 56.2 Å². The number of imidazole rings is 1. The Hall–Kier alpha value is -1.42. The molecule has 0 aliphatic carbocycles. The minimum atomic E-state index is 0.480. The van der Waals surface area contributed by atoms with Crippen molar-refractivity contribution >= 4 is 5.65 Å². The van der Waals surface area contributed by atoms with E-state index < -0.39 is 0 Å². The third-order valence-electron chi connectivity index (χ3n) is 1.96. The molecule has 2 aromatic rings. The number of hydrogen-bond acceptors (Lipinski definition) is 3. The van der Waals surface area contributed by atoms with E-state index in [1.807, 2.05) is 17.4 Å². The van der Waals surface area contributed by atoms with Crippen molar-refractivity contribution in [3.8, 4) is 0 Å². The van der Waals surface area contributed by atoms with Crippen LogP contribution in [0, 0.1) is 6.92 Å². The van der Waals surface area contributed by atoms with Crippen LogP contribution >= 0.6 is 0 Å². The molecule has 2 heterocycles. The fourth-order valence-electron chi connectivity index (χ4n) is 1.26. The van der Waals surface area contributed by atoms with Gasteiger partial charge in [0.1, 0.15) is 12.0 Å². The van der Waals surface area contributed by atoms with Crippen molar-refractivity contribution in [1.29, 1.82) is 0 Å². The Morgan fingerprint density at radius 3 is 3.08 bits per heavy atom.